The smallest absolute Gasteiger partial charge is 0.287 e. The molecule has 0 atom stereocenters. The maximum absolute atomic E-state index is 12.9. The van der Waals surface area contributed by atoms with Crippen LogP contribution in [0.4, 0.5) is 11.4 Å². The van der Waals surface area contributed by atoms with Crippen LogP contribution in [0.15, 0.2) is 76.8 Å². The van der Waals surface area contributed by atoms with E-state index in [0.717, 1.165) is 23.2 Å². The van der Waals surface area contributed by atoms with Gasteiger partial charge in [0.2, 0.25) is 5.88 Å². The number of hydrogen-bond donors (Lipinski definition) is 0. The molecular formula is C24H20N4O5S. The molecule has 34 heavy (non-hydrogen) atoms. The third-order valence-electron chi connectivity index (χ3n) is 4.83. The summed E-state index contributed by atoms with van der Waals surface area (Å²) in [7, 11) is 1.60. The van der Waals surface area contributed by atoms with Gasteiger partial charge in [-0.3, -0.25) is 19.8 Å². The quantitative estimate of drug-likeness (QED) is 0.255. The minimum atomic E-state index is -0.520. The fourth-order valence-electron chi connectivity index (χ4n) is 3.08. The van der Waals surface area contributed by atoms with Crippen molar-refractivity contribution in [1.29, 1.82) is 0 Å². The van der Waals surface area contributed by atoms with Gasteiger partial charge < -0.3 is 9.47 Å². The molecule has 0 N–H and O–H groups in total. The van der Waals surface area contributed by atoms with E-state index in [0.29, 0.717) is 22.4 Å². The summed E-state index contributed by atoms with van der Waals surface area (Å²) in [4.78, 5) is 33.9. The van der Waals surface area contributed by atoms with Crippen LogP contribution in [0.2, 0.25) is 0 Å². The highest BCUT2D eigenvalue weighted by Crippen LogP contribution is 2.34. The maximum atomic E-state index is 12.9. The van der Waals surface area contributed by atoms with E-state index in [9.17, 15) is 14.9 Å². The molecule has 1 aliphatic rings. The zero-order chi connectivity index (χ0) is 24.1. The van der Waals surface area contributed by atoms with Gasteiger partial charge in [0.05, 0.1) is 22.6 Å². The Hall–Kier alpha value is -4.18. The van der Waals surface area contributed by atoms with Gasteiger partial charge >= 0.3 is 0 Å². The van der Waals surface area contributed by atoms with Gasteiger partial charge in [-0.25, -0.2) is 9.98 Å². The van der Waals surface area contributed by atoms with Gasteiger partial charge in [-0.15, -0.1) is 0 Å². The van der Waals surface area contributed by atoms with Crippen LogP contribution in [0, 0.1) is 10.1 Å². The van der Waals surface area contributed by atoms with Crippen molar-refractivity contribution < 1.29 is 19.2 Å². The van der Waals surface area contributed by atoms with E-state index < -0.39 is 4.92 Å². The van der Waals surface area contributed by atoms with Crippen molar-refractivity contribution in [1.82, 2.24) is 9.88 Å². The SMILES string of the molecule is CCN1C(=O)/C(=C\c2ccc(Oc3ccc([N+](=O)[O-])cn3)cc2)SC1=Nc1ccc(OC)cc1. The molecule has 1 aromatic heterocycles. The van der Waals surface area contributed by atoms with E-state index >= 15 is 0 Å². The summed E-state index contributed by atoms with van der Waals surface area (Å²) in [6.45, 7) is 2.41. The van der Waals surface area contributed by atoms with Crippen LogP contribution in [-0.4, -0.2) is 39.5 Å². The Bertz CT molecular complexity index is 1260. The molecule has 10 heteroatoms. The highest BCUT2D eigenvalue weighted by molar-refractivity contribution is 8.18. The summed E-state index contributed by atoms with van der Waals surface area (Å²) >= 11 is 1.32. The second-order valence-corrected chi connectivity index (χ2v) is 8.04. The number of hydrogen-bond acceptors (Lipinski definition) is 8. The first-order valence-corrected chi connectivity index (χ1v) is 11.1. The fraction of sp³-hybridized carbons (Fsp3) is 0.125. The molecule has 3 aromatic rings. The van der Waals surface area contributed by atoms with Crippen molar-refractivity contribution >= 4 is 40.3 Å². The summed E-state index contributed by atoms with van der Waals surface area (Å²) in [5.41, 5.74) is 1.45. The summed E-state index contributed by atoms with van der Waals surface area (Å²) in [5.74, 6) is 1.40. The molecule has 0 unspecified atom stereocenters. The molecule has 2 heterocycles. The Balaban J connectivity index is 1.48. The molecule has 0 saturated carbocycles. The second kappa shape index (κ2) is 10.2. The lowest BCUT2D eigenvalue weighted by molar-refractivity contribution is -0.385. The van der Waals surface area contributed by atoms with E-state index in [1.807, 2.05) is 43.3 Å². The van der Waals surface area contributed by atoms with Gasteiger partial charge in [0.25, 0.3) is 11.6 Å². The van der Waals surface area contributed by atoms with E-state index in [1.54, 1.807) is 30.2 Å². The van der Waals surface area contributed by atoms with E-state index in [1.165, 1.54) is 23.9 Å². The molecule has 4 rings (SSSR count). The van der Waals surface area contributed by atoms with Gasteiger partial charge in [-0.2, -0.15) is 0 Å². The molecular weight excluding hydrogens is 456 g/mol. The Morgan fingerprint density at radius 3 is 2.38 bits per heavy atom. The van der Waals surface area contributed by atoms with Gasteiger partial charge in [-0.05, 0) is 66.7 Å². The normalized spacial score (nSPS) is 15.7. The average molecular weight is 477 g/mol. The zero-order valence-corrected chi connectivity index (χ0v) is 19.2. The Labute approximate surface area is 199 Å². The first-order chi connectivity index (χ1) is 16.5. The molecule has 1 saturated heterocycles. The molecule has 1 aliphatic heterocycles. The number of methoxy groups -OCH3 is 1. The third-order valence-corrected chi connectivity index (χ3v) is 5.84. The lowest BCUT2D eigenvalue weighted by Gasteiger charge is -2.12. The lowest BCUT2D eigenvalue weighted by atomic mass is 10.2. The number of aliphatic imine (C=N–C) groups is 1. The van der Waals surface area contributed by atoms with Crippen LogP contribution in [0.25, 0.3) is 6.08 Å². The van der Waals surface area contributed by atoms with Crippen LogP contribution in [0.3, 0.4) is 0 Å². The van der Waals surface area contributed by atoms with Crippen LogP contribution in [0.1, 0.15) is 12.5 Å². The average Bonchev–Trinajstić information content (AvgIpc) is 3.14. The monoisotopic (exact) mass is 476 g/mol. The molecule has 9 nitrogen and oxygen atoms in total. The molecule has 0 bridgehead atoms. The minimum Gasteiger partial charge on any atom is -0.497 e. The third kappa shape index (κ3) is 5.24. The number of amides is 1. The Morgan fingerprint density at radius 1 is 1.09 bits per heavy atom. The number of nitro groups is 1. The number of carbonyl (C=O) groups is 1. The number of amidine groups is 1. The van der Waals surface area contributed by atoms with Gasteiger partial charge in [-0.1, -0.05) is 12.1 Å². The van der Waals surface area contributed by atoms with Crippen molar-refractivity contribution in [2.24, 2.45) is 4.99 Å². The van der Waals surface area contributed by atoms with E-state index in [4.69, 9.17) is 9.47 Å². The minimum absolute atomic E-state index is 0.102. The fourth-order valence-corrected chi connectivity index (χ4v) is 4.14. The lowest BCUT2D eigenvalue weighted by Crippen LogP contribution is -2.28. The first-order valence-electron chi connectivity index (χ1n) is 10.3. The van der Waals surface area contributed by atoms with Gasteiger partial charge in [0, 0.05) is 18.7 Å². The molecule has 2 aromatic carbocycles. The van der Waals surface area contributed by atoms with Crippen LogP contribution in [-0.2, 0) is 4.79 Å². The summed E-state index contributed by atoms with van der Waals surface area (Å²) in [5, 5.41) is 11.3. The summed E-state index contributed by atoms with van der Waals surface area (Å²) in [6, 6.07) is 17.2. The zero-order valence-electron chi connectivity index (χ0n) is 18.4. The molecule has 1 amide bonds. The molecule has 0 aliphatic carbocycles. The van der Waals surface area contributed by atoms with Crippen molar-refractivity contribution in [2.45, 2.75) is 6.92 Å². The van der Waals surface area contributed by atoms with Crippen molar-refractivity contribution in [3.63, 3.8) is 0 Å². The Kier molecular flexibility index (Phi) is 6.88. The van der Waals surface area contributed by atoms with Crippen molar-refractivity contribution in [2.75, 3.05) is 13.7 Å². The molecule has 0 radical (unpaired) electrons. The topological polar surface area (TPSA) is 107 Å². The highest BCUT2D eigenvalue weighted by atomic mass is 32.2. The van der Waals surface area contributed by atoms with Gasteiger partial charge in [0.15, 0.2) is 5.17 Å². The van der Waals surface area contributed by atoms with Crippen LogP contribution < -0.4 is 9.47 Å². The van der Waals surface area contributed by atoms with Crippen molar-refractivity contribution in [3.8, 4) is 17.4 Å². The molecule has 0 spiro atoms. The largest absolute Gasteiger partial charge is 0.497 e. The van der Waals surface area contributed by atoms with E-state index in [-0.39, 0.29) is 17.5 Å². The number of nitrogens with zero attached hydrogens (tertiary/aromatic N) is 4. The standard InChI is InChI=1S/C24H20N4O5S/c1-3-27-23(29)21(34-24(27)26-17-6-11-19(32-2)12-7-17)14-16-4-9-20(10-5-16)33-22-13-8-18(15-25-22)28(30)31/h4-15H,3H2,1-2H3/b21-14+,26-24?. The number of likely N-dealkylation sites (N-methyl/N-ethyl adjacent to an activating group) is 1. The summed E-state index contributed by atoms with van der Waals surface area (Å²) < 4.78 is 10.8. The Morgan fingerprint density at radius 2 is 1.79 bits per heavy atom. The van der Waals surface area contributed by atoms with E-state index in [2.05, 4.69) is 9.98 Å². The number of aromatic nitrogens is 1. The predicted octanol–water partition coefficient (Wildman–Crippen LogP) is 5.41. The molecule has 1 fully saturated rings. The predicted molar refractivity (Wildman–Crippen MR) is 130 cm³/mol. The number of carbonyl (C=O) groups excluding carboxylic acids is 1. The van der Waals surface area contributed by atoms with Crippen LogP contribution >= 0.6 is 11.8 Å². The number of ether oxygens (including phenoxy) is 2. The number of benzene rings is 2. The van der Waals surface area contributed by atoms with Crippen molar-refractivity contribution in [3.05, 3.63) is 87.4 Å². The number of pyridine rings is 1. The number of rotatable bonds is 7. The number of thioether (sulfide) groups is 1. The van der Waals surface area contributed by atoms with Crippen LogP contribution in [0.5, 0.6) is 17.4 Å². The summed E-state index contributed by atoms with van der Waals surface area (Å²) in [6.07, 6.45) is 2.95. The maximum Gasteiger partial charge on any atom is 0.287 e. The second-order valence-electron chi connectivity index (χ2n) is 7.04. The highest BCUT2D eigenvalue weighted by Gasteiger charge is 2.32. The molecule has 172 valence electrons. The van der Waals surface area contributed by atoms with Gasteiger partial charge in [0.1, 0.15) is 17.7 Å². The first kappa shape index (κ1) is 23.0.